The van der Waals surface area contributed by atoms with Gasteiger partial charge in [-0.25, -0.2) is 0 Å². The molecule has 0 aromatic carbocycles. The second kappa shape index (κ2) is 21.4. The van der Waals surface area contributed by atoms with E-state index in [4.69, 9.17) is 28.4 Å². The molecule has 0 aliphatic carbocycles. The van der Waals surface area contributed by atoms with Gasteiger partial charge in [0, 0.05) is 58.9 Å². The Labute approximate surface area is 219 Å². The normalized spacial score (nSPS) is 13.8. The smallest absolute Gasteiger partial charge is 0.325 e. The summed E-state index contributed by atoms with van der Waals surface area (Å²) in [6.45, 7) is 18.6. The molecule has 1 aromatic rings. The number of hydrogen-bond acceptors (Lipinski definition) is 9. The molecule has 9 heteroatoms. The number of aromatic nitrogens is 3. The Balaban J connectivity index is 2.48. The lowest BCUT2D eigenvalue weighted by Crippen LogP contribution is -2.13. The highest BCUT2D eigenvalue weighted by Crippen LogP contribution is 2.16. The lowest BCUT2D eigenvalue weighted by atomic mass is 10.1. The number of hydrogen-bond donors (Lipinski definition) is 0. The third-order valence-corrected chi connectivity index (χ3v) is 5.86. The van der Waals surface area contributed by atoms with Crippen LogP contribution in [0.1, 0.15) is 80.1 Å². The van der Waals surface area contributed by atoms with E-state index < -0.39 is 0 Å². The molecule has 0 aliphatic heterocycles. The monoisotopic (exact) mass is 513 g/mol. The van der Waals surface area contributed by atoms with Gasteiger partial charge in [0.2, 0.25) is 0 Å². The standard InChI is InChI=1S/C27H51N3O6/c1-7-22(4)19-31-13-10-16-34-25-28-26(35-17-11-14-32-20-23(5)8-2)30-27(29-25)36-18-12-15-33-21-24(6)9-3/h22-24H,7-21H2,1-6H3/t22-,23-,24-/m0/s1. The van der Waals surface area contributed by atoms with E-state index in [-0.39, 0.29) is 18.0 Å². The number of nitrogens with zero attached hydrogens (tertiary/aromatic N) is 3. The van der Waals surface area contributed by atoms with Crippen LogP contribution in [-0.4, -0.2) is 74.4 Å². The molecule has 0 saturated heterocycles. The molecule has 0 amide bonds. The van der Waals surface area contributed by atoms with E-state index in [2.05, 4.69) is 56.5 Å². The van der Waals surface area contributed by atoms with Gasteiger partial charge in [0.15, 0.2) is 0 Å². The average molecular weight is 514 g/mol. The largest absolute Gasteiger partial charge is 0.463 e. The van der Waals surface area contributed by atoms with E-state index in [0.717, 1.165) is 58.3 Å². The average Bonchev–Trinajstić information content (AvgIpc) is 2.89. The van der Waals surface area contributed by atoms with Gasteiger partial charge in [-0.1, -0.05) is 60.8 Å². The van der Waals surface area contributed by atoms with Gasteiger partial charge in [0.25, 0.3) is 0 Å². The van der Waals surface area contributed by atoms with Crippen LogP contribution in [0, 0.1) is 17.8 Å². The molecule has 0 fully saturated rings. The van der Waals surface area contributed by atoms with Crippen molar-refractivity contribution >= 4 is 0 Å². The maximum Gasteiger partial charge on any atom is 0.325 e. The quantitative estimate of drug-likeness (QED) is 0.169. The third kappa shape index (κ3) is 16.9. The van der Waals surface area contributed by atoms with Gasteiger partial charge in [0.05, 0.1) is 19.8 Å². The Morgan fingerprint density at radius 1 is 0.472 bits per heavy atom. The minimum absolute atomic E-state index is 0.193. The van der Waals surface area contributed by atoms with Crippen molar-refractivity contribution in [1.29, 1.82) is 0 Å². The van der Waals surface area contributed by atoms with E-state index in [0.29, 0.717) is 57.4 Å². The molecule has 210 valence electrons. The minimum Gasteiger partial charge on any atom is -0.463 e. The van der Waals surface area contributed by atoms with E-state index in [1.807, 2.05) is 0 Å². The summed E-state index contributed by atoms with van der Waals surface area (Å²) in [7, 11) is 0. The zero-order valence-corrected chi connectivity index (χ0v) is 23.6. The molecule has 9 nitrogen and oxygen atoms in total. The fourth-order valence-electron chi connectivity index (χ4n) is 2.69. The summed E-state index contributed by atoms with van der Waals surface area (Å²) in [4.78, 5) is 12.9. The predicted octanol–water partition coefficient (Wildman–Crippen LogP) is 5.37. The van der Waals surface area contributed by atoms with Crippen LogP contribution < -0.4 is 14.2 Å². The van der Waals surface area contributed by atoms with Crippen molar-refractivity contribution in [3.05, 3.63) is 0 Å². The van der Waals surface area contributed by atoms with Gasteiger partial charge >= 0.3 is 18.0 Å². The first-order chi connectivity index (χ1) is 17.5. The lowest BCUT2D eigenvalue weighted by Gasteiger charge is -2.12. The van der Waals surface area contributed by atoms with Crippen LogP contribution in [0.5, 0.6) is 18.0 Å². The van der Waals surface area contributed by atoms with Gasteiger partial charge in [0.1, 0.15) is 0 Å². The predicted molar refractivity (Wildman–Crippen MR) is 141 cm³/mol. The van der Waals surface area contributed by atoms with E-state index in [9.17, 15) is 0 Å². The van der Waals surface area contributed by atoms with Gasteiger partial charge in [-0.15, -0.1) is 15.0 Å². The van der Waals surface area contributed by atoms with Gasteiger partial charge < -0.3 is 28.4 Å². The Hall–Kier alpha value is -1.71. The first-order valence-corrected chi connectivity index (χ1v) is 13.9. The number of ether oxygens (including phenoxy) is 6. The van der Waals surface area contributed by atoms with Crippen molar-refractivity contribution in [2.75, 3.05) is 59.5 Å². The summed E-state index contributed by atoms with van der Waals surface area (Å²) in [5.74, 6) is 1.69. The first-order valence-electron chi connectivity index (χ1n) is 13.9. The molecule has 0 bridgehead atoms. The molecule has 0 spiro atoms. The van der Waals surface area contributed by atoms with E-state index >= 15 is 0 Å². The Morgan fingerprint density at radius 2 is 0.750 bits per heavy atom. The Kier molecular flexibility index (Phi) is 19.2. The maximum absolute atomic E-state index is 5.74. The van der Waals surface area contributed by atoms with Crippen molar-refractivity contribution < 1.29 is 28.4 Å². The fourth-order valence-corrected chi connectivity index (χ4v) is 2.69. The molecule has 1 aromatic heterocycles. The van der Waals surface area contributed by atoms with Crippen molar-refractivity contribution in [2.45, 2.75) is 80.1 Å². The summed E-state index contributed by atoms with van der Waals surface area (Å²) in [5, 5.41) is 0. The van der Waals surface area contributed by atoms with Crippen LogP contribution in [-0.2, 0) is 14.2 Å². The molecular weight excluding hydrogens is 462 g/mol. The molecule has 0 unspecified atom stereocenters. The first kappa shape index (κ1) is 32.3. The molecule has 1 heterocycles. The van der Waals surface area contributed by atoms with Gasteiger partial charge in [-0.2, -0.15) is 0 Å². The van der Waals surface area contributed by atoms with Crippen molar-refractivity contribution in [3.8, 4) is 18.0 Å². The third-order valence-electron chi connectivity index (χ3n) is 5.86. The zero-order valence-electron chi connectivity index (χ0n) is 23.6. The highest BCUT2D eigenvalue weighted by Gasteiger charge is 2.11. The SMILES string of the molecule is CC[C@H](C)COCCCOc1nc(OCCCOC[C@@H](C)CC)nc(OCCCOC[C@@H](C)CC)n1. The van der Waals surface area contributed by atoms with Gasteiger partial charge in [-0.05, 0) is 17.8 Å². The van der Waals surface area contributed by atoms with Crippen molar-refractivity contribution in [1.82, 2.24) is 15.0 Å². The van der Waals surface area contributed by atoms with E-state index in [1.54, 1.807) is 0 Å². The summed E-state index contributed by atoms with van der Waals surface area (Å²) >= 11 is 0. The van der Waals surface area contributed by atoms with Crippen LogP contribution in [0.4, 0.5) is 0 Å². The molecule has 0 radical (unpaired) electrons. The summed E-state index contributed by atoms with van der Waals surface area (Å²) in [6.07, 6.45) is 5.57. The topological polar surface area (TPSA) is 94.1 Å². The lowest BCUT2D eigenvalue weighted by molar-refractivity contribution is 0.0881. The highest BCUT2D eigenvalue weighted by molar-refractivity contribution is 5.09. The Morgan fingerprint density at radius 3 is 1.00 bits per heavy atom. The van der Waals surface area contributed by atoms with Crippen LogP contribution in [0.15, 0.2) is 0 Å². The Bertz CT molecular complexity index is 554. The summed E-state index contributed by atoms with van der Waals surface area (Å²) < 4.78 is 34.2. The molecule has 0 aliphatic rings. The maximum atomic E-state index is 5.74. The second-order valence-corrected chi connectivity index (χ2v) is 9.55. The summed E-state index contributed by atoms with van der Waals surface area (Å²) in [6, 6.07) is 0.578. The molecular formula is C27H51N3O6. The minimum atomic E-state index is 0.193. The van der Waals surface area contributed by atoms with Crippen LogP contribution in [0.2, 0.25) is 0 Å². The molecule has 0 N–H and O–H groups in total. The van der Waals surface area contributed by atoms with Crippen LogP contribution in [0.3, 0.4) is 0 Å². The highest BCUT2D eigenvalue weighted by atomic mass is 16.5. The number of rotatable bonds is 24. The van der Waals surface area contributed by atoms with Crippen LogP contribution >= 0.6 is 0 Å². The fraction of sp³-hybridized carbons (Fsp3) is 0.889. The molecule has 3 atom stereocenters. The summed E-state index contributed by atoms with van der Waals surface area (Å²) in [5.41, 5.74) is 0. The zero-order chi connectivity index (χ0) is 26.4. The molecule has 36 heavy (non-hydrogen) atoms. The van der Waals surface area contributed by atoms with E-state index in [1.165, 1.54) is 0 Å². The van der Waals surface area contributed by atoms with Crippen LogP contribution in [0.25, 0.3) is 0 Å². The molecule has 0 saturated carbocycles. The van der Waals surface area contributed by atoms with Crippen molar-refractivity contribution in [2.24, 2.45) is 17.8 Å². The second-order valence-electron chi connectivity index (χ2n) is 9.55. The van der Waals surface area contributed by atoms with Crippen molar-refractivity contribution in [3.63, 3.8) is 0 Å². The van der Waals surface area contributed by atoms with Gasteiger partial charge in [-0.3, -0.25) is 0 Å². The molecule has 1 rings (SSSR count).